The molecule has 0 aromatic heterocycles. The van der Waals surface area contributed by atoms with Crippen molar-refractivity contribution >= 4 is 0 Å². The smallest absolute Gasteiger partial charge is 0.119 e. The minimum Gasteiger partial charge on any atom is -0.494 e. The van der Waals surface area contributed by atoms with E-state index in [1.807, 2.05) is 38.1 Å². The van der Waals surface area contributed by atoms with Crippen LogP contribution in [0.1, 0.15) is 38.8 Å². The first kappa shape index (κ1) is 14.0. The lowest BCUT2D eigenvalue weighted by Crippen LogP contribution is -2.39. The van der Waals surface area contributed by atoms with E-state index in [1.54, 1.807) is 7.11 Å². The van der Waals surface area contributed by atoms with Crippen molar-refractivity contribution in [1.82, 2.24) is 0 Å². The molecule has 0 bridgehead atoms. The summed E-state index contributed by atoms with van der Waals surface area (Å²) in [4.78, 5) is 0. The zero-order chi connectivity index (χ0) is 12.9. The fourth-order valence-electron chi connectivity index (χ4n) is 1.78. The summed E-state index contributed by atoms with van der Waals surface area (Å²) in [7, 11) is 1.71. The lowest BCUT2D eigenvalue weighted by Gasteiger charge is -2.33. The molecule has 3 nitrogen and oxygen atoms in total. The summed E-state index contributed by atoms with van der Waals surface area (Å²) in [5, 5.41) is 0. The molecule has 0 fully saturated rings. The first-order valence-electron chi connectivity index (χ1n) is 6.10. The molecular formula is C14H23NO2. The maximum atomic E-state index is 6.25. The predicted molar refractivity (Wildman–Crippen MR) is 70.2 cm³/mol. The Kier molecular flexibility index (Phi) is 4.97. The molecule has 1 aromatic carbocycles. The van der Waals surface area contributed by atoms with Crippen LogP contribution in [0.5, 0.6) is 5.75 Å². The number of hydrogen-bond acceptors (Lipinski definition) is 3. The zero-order valence-corrected chi connectivity index (χ0v) is 11.2. The van der Waals surface area contributed by atoms with Crippen molar-refractivity contribution in [2.75, 3.05) is 13.7 Å². The second-order valence-electron chi connectivity index (χ2n) is 4.35. The number of rotatable bonds is 6. The molecule has 0 radical (unpaired) electrons. The molecule has 0 aliphatic carbocycles. The van der Waals surface area contributed by atoms with E-state index in [0.717, 1.165) is 17.7 Å². The number of methoxy groups -OCH3 is 1. The van der Waals surface area contributed by atoms with Crippen molar-refractivity contribution in [3.63, 3.8) is 0 Å². The molecule has 96 valence electrons. The molecule has 3 heteroatoms. The van der Waals surface area contributed by atoms with Crippen molar-refractivity contribution in [3.05, 3.63) is 29.8 Å². The summed E-state index contributed by atoms with van der Waals surface area (Å²) >= 11 is 0. The summed E-state index contributed by atoms with van der Waals surface area (Å²) in [6, 6.07) is 7.77. The van der Waals surface area contributed by atoms with Gasteiger partial charge in [0.05, 0.1) is 18.2 Å². The summed E-state index contributed by atoms with van der Waals surface area (Å²) in [6.07, 6.45) is 0.873. The number of nitrogens with two attached hydrogens (primary N) is 1. The van der Waals surface area contributed by atoms with E-state index in [0.29, 0.717) is 6.61 Å². The molecule has 0 saturated carbocycles. The Bertz CT molecular complexity index is 331. The molecule has 17 heavy (non-hydrogen) atoms. The molecule has 0 aliphatic heterocycles. The topological polar surface area (TPSA) is 44.5 Å². The fourth-order valence-corrected chi connectivity index (χ4v) is 1.78. The van der Waals surface area contributed by atoms with Crippen LogP contribution in [0.2, 0.25) is 0 Å². The molecule has 0 saturated heterocycles. The fraction of sp³-hybridized carbons (Fsp3) is 0.571. The monoisotopic (exact) mass is 237 g/mol. The van der Waals surface area contributed by atoms with Crippen LogP contribution in [0, 0.1) is 0 Å². The highest BCUT2D eigenvalue weighted by atomic mass is 16.5. The van der Waals surface area contributed by atoms with Gasteiger partial charge < -0.3 is 15.2 Å². The largest absolute Gasteiger partial charge is 0.494 e. The van der Waals surface area contributed by atoms with Gasteiger partial charge in [0, 0.05) is 7.11 Å². The van der Waals surface area contributed by atoms with E-state index >= 15 is 0 Å². The number of hydrogen-bond donors (Lipinski definition) is 1. The molecule has 0 amide bonds. The first-order chi connectivity index (χ1) is 8.07. The third kappa shape index (κ3) is 3.20. The SMILES string of the molecule is CCOc1ccc(C(N)C(C)(CC)OC)cc1. The van der Waals surface area contributed by atoms with E-state index in [2.05, 4.69) is 6.92 Å². The van der Waals surface area contributed by atoms with Gasteiger partial charge in [-0.1, -0.05) is 19.1 Å². The van der Waals surface area contributed by atoms with Crippen LogP contribution in [0.4, 0.5) is 0 Å². The van der Waals surface area contributed by atoms with Crippen LogP contribution in [-0.2, 0) is 4.74 Å². The Hall–Kier alpha value is -1.06. The average molecular weight is 237 g/mol. The van der Waals surface area contributed by atoms with Crippen LogP contribution >= 0.6 is 0 Å². The van der Waals surface area contributed by atoms with Crippen molar-refractivity contribution in [2.45, 2.75) is 38.8 Å². The van der Waals surface area contributed by atoms with Gasteiger partial charge in [-0.3, -0.25) is 0 Å². The van der Waals surface area contributed by atoms with Gasteiger partial charge in [0.15, 0.2) is 0 Å². The van der Waals surface area contributed by atoms with Crippen LogP contribution in [0.3, 0.4) is 0 Å². The van der Waals surface area contributed by atoms with Crippen LogP contribution < -0.4 is 10.5 Å². The van der Waals surface area contributed by atoms with Gasteiger partial charge in [-0.05, 0) is 38.0 Å². The maximum absolute atomic E-state index is 6.25. The van der Waals surface area contributed by atoms with E-state index in [-0.39, 0.29) is 11.6 Å². The van der Waals surface area contributed by atoms with E-state index in [1.165, 1.54) is 0 Å². The van der Waals surface area contributed by atoms with Crippen LogP contribution in [0.15, 0.2) is 24.3 Å². The highest BCUT2D eigenvalue weighted by Crippen LogP contribution is 2.30. The lowest BCUT2D eigenvalue weighted by atomic mass is 9.88. The second-order valence-corrected chi connectivity index (χ2v) is 4.35. The van der Waals surface area contributed by atoms with Crippen LogP contribution in [0.25, 0.3) is 0 Å². The zero-order valence-electron chi connectivity index (χ0n) is 11.2. The molecule has 0 spiro atoms. The quantitative estimate of drug-likeness (QED) is 0.827. The van der Waals surface area contributed by atoms with Gasteiger partial charge in [0.25, 0.3) is 0 Å². The minimum atomic E-state index is -0.326. The highest BCUT2D eigenvalue weighted by molar-refractivity contribution is 5.30. The first-order valence-corrected chi connectivity index (χ1v) is 6.10. The normalized spacial score (nSPS) is 16.3. The van der Waals surface area contributed by atoms with E-state index in [4.69, 9.17) is 15.2 Å². The Labute approximate surface area is 104 Å². The Morgan fingerprint density at radius 3 is 2.24 bits per heavy atom. The Morgan fingerprint density at radius 1 is 1.24 bits per heavy atom. The summed E-state index contributed by atoms with van der Waals surface area (Å²) < 4.78 is 10.9. The molecule has 0 aliphatic rings. The summed E-state index contributed by atoms with van der Waals surface area (Å²) in [5.41, 5.74) is 7.00. The number of ether oxygens (including phenoxy) is 2. The molecule has 0 heterocycles. The summed E-state index contributed by atoms with van der Waals surface area (Å²) in [6.45, 7) is 6.76. The van der Waals surface area contributed by atoms with Crippen molar-refractivity contribution < 1.29 is 9.47 Å². The highest BCUT2D eigenvalue weighted by Gasteiger charge is 2.30. The van der Waals surface area contributed by atoms with Crippen molar-refractivity contribution in [2.24, 2.45) is 5.73 Å². The van der Waals surface area contributed by atoms with E-state index < -0.39 is 0 Å². The van der Waals surface area contributed by atoms with Gasteiger partial charge in [0.2, 0.25) is 0 Å². The Balaban J connectivity index is 2.85. The third-order valence-electron chi connectivity index (χ3n) is 3.38. The standard InChI is InChI=1S/C14H23NO2/c1-5-14(3,16-4)13(15)11-7-9-12(10-8-11)17-6-2/h7-10,13H,5-6,15H2,1-4H3. The molecule has 2 unspecified atom stereocenters. The van der Waals surface area contributed by atoms with Gasteiger partial charge in [-0.25, -0.2) is 0 Å². The van der Waals surface area contributed by atoms with Gasteiger partial charge >= 0.3 is 0 Å². The second kappa shape index (κ2) is 6.03. The predicted octanol–water partition coefficient (Wildman–Crippen LogP) is 2.90. The van der Waals surface area contributed by atoms with Crippen molar-refractivity contribution in [1.29, 1.82) is 0 Å². The molecule has 2 atom stereocenters. The van der Waals surface area contributed by atoms with Crippen LogP contribution in [-0.4, -0.2) is 19.3 Å². The molecule has 1 aromatic rings. The van der Waals surface area contributed by atoms with E-state index in [9.17, 15) is 0 Å². The Morgan fingerprint density at radius 2 is 1.82 bits per heavy atom. The van der Waals surface area contributed by atoms with Gasteiger partial charge in [-0.2, -0.15) is 0 Å². The summed E-state index contributed by atoms with van der Waals surface area (Å²) in [5.74, 6) is 0.874. The maximum Gasteiger partial charge on any atom is 0.119 e. The van der Waals surface area contributed by atoms with Crippen molar-refractivity contribution in [3.8, 4) is 5.75 Å². The minimum absolute atomic E-state index is 0.131. The third-order valence-corrected chi connectivity index (χ3v) is 3.38. The van der Waals surface area contributed by atoms with Gasteiger partial charge in [0.1, 0.15) is 5.75 Å². The lowest BCUT2D eigenvalue weighted by molar-refractivity contribution is -0.0194. The average Bonchev–Trinajstić information content (AvgIpc) is 2.38. The van der Waals surface area contributed by atoms with Gasteiger partial charge in [-0.15, -0.1) is 0 Å². The number of benzene rings is 1. The molecule has 1 rings (SSSR count). The molecule has 2 N–H and O–H groups in total. The molecular weight excluding hydrogens is 214 g/mol.